The van der Waals surface area contributed by atoms with Gasteiger partial charge in [0.05, 0.1) is 0 Å². The van der Waals surface area contributed by atoms with Gasteiger partial charge >= 0.3 is 0 Å². The van der Waals surface area contributed by atoms with E-state index in [0.29, 0.717) is 0 Å². The molecule has 1 aliphatic heterocycles. The lowest BCUT2D eigenvalue weighted by molar-refractivity contribution is 0.281. The molecule has 100 valence electrons. The van der Waals surface area contributed by atoms with E-state index in [-0.39, 0.29) is 0 Å². The van der Waals surface area contributed by atoms with Gasteiger partial charge in [-0.15, -0.1) is 0 Å². The Bertz CT molecular complexity index is 362. The summed E-state index contributed by atoms with van der Waals surface area (Å²) < 4.78 is 0. The predicted molar refractivity (Wildman–Crippen MR) is 77.8 cm³/mol. The smallest absolute Gasteiger partial charge is 0.0237 e. The highest BCUT2D eigenvalue weighted by Gasteiger charge is 2.15. The first kappa shape index (κ1) is 13.6. The van der Waals surface area contributed by atoms with E-state index in [4.69, 9.17) is 0 Å². The second kappa shape index (κ2) is 6.91. The molecule has 2 nitrogen and oxygen atoms in total. The van der Waals surface area contributed by atoms with Gasteiger partial charge in [0.25, 0.3) is 0 Å². The van der Waals surface area contributed by atoms with Crippen molar-refractivity contribution >= 4 is 0 Å². The molecule has 0 aliphatic carbocycles. The minimum absolute atomic E-state index is 0.719. The molecule has 1 atom stereocenters. The van der Waals surface area contributed by atoms with Crippen LogP contribution in [-0.4, -0.2) is 30.6 Å². The fourth-order valence-electron chi connectivity index (χ4n) is 2.78. The van der Waals surface area contributed by atoms with Crippen LogP contribution in [0.25, 0.3) is 0 Å². The molecule has 1 N–H and O–H groups in total. The molecule has 18 heavy (non-hydrogen) atoms. The van der Waals surface area contributed by atoms with Crippen molar-refractivity contribution in [2.75, 3.05) is 19.6 Å². The first-order valence-corrected chi connectivity index (χ1v) is 7.36. The fraction of sp³-hybridized carbons (Fsp3) is 0.625. The van der Waals surface area contributed by atoms with Gasteiger partial charge in [-0.1, -0.05) is 38.1 Å². The third kappa shape index (κ3) is 3.56. The third-order valence-electron chi connectivity index (χ3n) is 4.04. The molecule has 0 radical (unpaired) electrons. The van der Waals surface area contributed by atoms with Crippen molar-refractivity contribution < 1.29 is 0 Å². The third-order valence-corrected chi connectivity index (χ3v) is 4.04. The van der Waals surface area contributed by atoms with Gasteiger partial charge in [-0.05, 0) is 30.4 Å². The topological polar surface area (TPSA) is 15.3 Å². The highest BCUT2D eigenvalue weighted by molar-refractivity contribution is 5.26. The number of benzene rings is 1. The number of nitrogens with zero attached hydrogens (tertiary/aromatic N) is 1. The quantitative estimate of drug-likeness (QED) is 0.879. The van der Waals surface area contributed by atoms with Crippen molar-refractivity contribution in [2.24, 2.45) is 0 Å². The molecular weight excluding hydrogens is 220 g/mol. The van der Waals surface area contributed by atoms with Gasteiger partial charge in [-0.25, -0.2) is 0 Å². The Morgan fingerprint density at radius 2 is 1.94 bits per heavy atom. The van der Waals surface area contributed by atoms with Crippen LogP contribution in [0.15, 0.2) is 24.3 Å². The Morgan fingerprint density at radius 1 is 1.17 bits per heavy atom. The van der Waals surface area contributed by atoms with E-state index in [1.807, 2.05) is 0 Å². The summed E-state index contributed by atoms with van der Waals surface area (Å²) in [7, 11) is 0. The second-order valence-electron chi connectivity index (χ2n) is 5.25. The van der Waals surface area contributed by atoms with Crippen LogP contribution in [0.5, 0.6) is 0 Å². The van der Waals surface area contributed by atoms with Gasteiger partial charge < -0.3 is 5.32 Å². The van der Waals surface area contributed by atoms with E-state index in [1.54, 1.807) is 0 Å². The first-order chi connectivity index (χ1) is 8.83. The largest absolute Gasteiger partial charge is 0.313 e. The lowest BCUT2D eigenvalue weighted by Crippen LogP contribution is -2.30. The maximum atomic E-state index is 3.63. The Kier molecular flexibility index (Phi) is 5.21. The van der Waals surface area contributed by atoms with Crippen LogP contribution in [0.2, 0.25) is 0 Å². The molecule has 2 heteroatoms. The van der Waals surface area contributed by atoms with Crippen molar-refractivity contribution in [2.45, 2.75) is 45.7 Å². The average molecular weight is 246 g/mol. The zero-order chi connectivity index (χ0) is 12.8. The maximum Gasteiger partial charge on any atom is 0.0237 e. The Morgan fingerprint density at radius 3 is 2.67 bits per heavy atom. The van der Waals surface area contributed by atoms with Crippen LogP contribution in [0, 0.1) is 0 Å². The molecule has 0 bridgehead atoms. The van der Waals surface area contributed by atoms with Crippen molar-refractivity contribution in [3.05, 3.63) is 35.4 Å². The average Bonchev–Trinajstić information content (AvgIpc) is 2.64. The summed E-state index contributed by atoms with van der Waals surface area (Å²) in [5, 5.41) is 3.63. The first-order valence-electron chi connectivity index (χ1n) is 7.36. The summed E-state index contributed by atoms with van der Waals surface area (Å²) in [6, 6.07) is 9.59. The van der Waals surface area contributed by atoms with E-state index in [9.17, 15) is 0 Å². The molecule has 0 spiro atoms. The summed E-state index contributed by atoms with van der Waals surface area (Å²) in [5.74, 6) is 0. The Balaban J connectivity index is 1.96. The van der Waals surface area contributed by atoms with E-state index >= 15 is 0 Å². The summed E-state index contributed by atoms with van der Waals surface area (Å²) >= 11 is 0. The molecule has 0 aromatic heterocycles. The predicted octanol–water partition coefficient (Wildman–Crippen LogP) is 2.82. The molecule has 1 fully saturated rings. The Hall–Kier alpha value is -0.860. The summed E-state index contributed by atoms with van der Waals surface area (Å²) in [5.41, 5.74) is 3.01. The molecule has 0 saturated carbocycles. The van der Waals surface area contributed by atoms with Crippen molar-refractivity contribution in [3.63, 3.8) is 0 Å². The zero-order valence-corrected chi connectivity index (χ0v) is 11.8. The molecule has 1 aromatic carbocycles. The number of hydrogen-bond acceptors (Lipinski definition) is 2. The molecular formula is C16H26N2. The molecule has 0 amide bonds. The van der Waals surface area contributed by atoms with Gasteiger partial charge in [0.2, 0.25) is 0 Å². The minimum atomic E-state index is 0.719. The summed E-state index contributed by atoms with van der Waals surface area (Å²) in [6.07, 6.45) is 3.67. The summed E-state index contributed by atoms with van der Waals surface area (Å²) in [4.78, 5) is 2.59. The van der Waals surface area contributed by atoms with Crippen LogP contribution in [0.1, 0.15) is 37.8 Å². The highest BCUT2D eigenvalue weighted by atomic mass is 15.2. The minimum Gasteiger partial charge on any atom is -0.313 e. The van der Waals surface area contributed by atoms with E-state index in [0.717, 1.165) is 25.6 Å². The van der Waals surface area contributed by atoms with Crippen molar-refractivity contribution in [1.82, 2.24) is 10.2 Å². The number of nitrogens with one attached hydrogen (secondary N) is 1. The van der Waals surface area contributed by atoms with E-state index in [1.165, 1.54) is 37.1 Å². The molecule has 1 heterocycles. The van der Waals surface area contributed by atoms with Crippen LogP contribution in [0.3, 0.4) is 0 Å². The number of rotatable bonds is 4. The van der Waals surface area contributed by atoms with Crippen LogP contribution < -0.4 is 5.32 Å². The van der Waals surface area contributed by atoms with Crippen LogP contribution >= 0.6 is 0 Å². The van der Waals surface area contributed by atoms with Crippen molar-refractivity contribution in [1.29, 1.82) is 0 Å². The lowest BCUT2D eigenvalue weighted by atomic mass is 10.0. The number of hydrogen-bond donors (Lipinski definition) is 1. The monoisotopic (exact) mass is 246 g/mol. The Labute approximate surface area is 111 Å². The lowest BCUT2D eigenvalue weighted by Gasteiger charge is -2.21. The highest BCUT2D eigenvalue weighted by Crippen LogP contribution is 2.14. The molecule has 1 saturated heterocycles. The van der Waals surface area contributed by atoms with Gasteiger partial charge in [-0.2, -0.15) is 0 Å². The SMILES string of the molecule is CCc1ccccc1CN1CCNC(CC)CC1. The van der Waals surface area contributed by atoms with Crippen LogP contribution in [0.4, 0.5) is 0 Å². The standard InChI is InChI=1S/C16H26N2/c1-3-14-7-5-6-8-15(14)13-18-11-9-16(4-2)17-10-12-18/h5-8,16-17H,3-4,9-13H2,1-2H3. The van der Waals surface area contributed by atoms with E-state index < -0.39 is 0 Å². The fourth-order valence-corrected chi connectivity index (χ4v) is 2.78. The van der Waals surface area contributed by atoms with Crippen LogP contribution in [-0.2, 0) is 13.0 Å². The van der Waals surface area contributed by atoms with E-state index in [2.05, 4.69) is 48.3 Å². The van der Waals surface area contributed by atoms with Gasteiger partial charge in [0, 0.05) is 32.2 Å². The number of aryl methyl sites for hydroxylation is 1. The molecule has 2 rings (SSSR count). The molecule has 1 aromatic rings. The molecule has 1 unspecified atom stereocenters. The van der Waals surface area contributed by atoms with Gasteiger partial charge in [-0.3, -0.25) is 4.90 Å². The normalized spacial score (nSPS) is 21.8. The second-order valence-corrected chi connectivity index (χ2v) is 5.25. The zero-order valence-electron chi connectivity index (χ0n) is 11.8. The maximum absolute atomic E-state index is 3.63. The van der Waals surface area contributed by atoms with Gasteiger partial charge in [0.15, 0.2) is 0 Å². The van der Waals surface area contributed by atoms with Crippen molar-refractivity contribution in [3.8, 4) is 0 Å². The van der Waals surface area contributed by atoms with Gasteiger partial charge in [0.1, 0.15) is 0 Å². The summed E-state index contributed by atoms with van der Waals surface area (Å²) in [6.45, 7) is 9.17. The molecule has 1 aliphatic rings.